The number of aromatic carboxylic acids is 1. The van der Waals surface area contributed by atoms with Gasteiger partial charge in [0.1, 0.15) is 29.2 Å². The molecule has 1 aromatic carbocycles. The number of carboxylic acid groups (broad SMARTS) is 1. The summed E-state index contributed by atoms with van der Waals surface area (Å²) in [6.07, 6.45) is 4.59. The van der Waals surface area contributed by atoms with Gasteiger partial charge in [-0.05, 0) is 78.1 Å². The molecule has 2 heterocycles. The van der Waals surface area contributed by atoms with E-state index in [1.807, 2.05) is 18.2 Å². The maximum atomic E-state index is 11.5. The van der Waals surface area contributed by atoms with Crippen LogP contribution in [0.15, 0.2) is 42.7 Å². The fraction of sp³-hybridized carbons (Fsp3) is 0.300. The maximum Gasteiger partial charge on any atom is 0.339 e. The maximum absolute atomic E-state index is 11.5. The van der Waals surface area contributed by atoms with E-state index in [0.29, 0.717) is 35.6 Å². The Morgan fingerprint density at radius 2 is 2.17 bits per heavy atom. The zero-order valence-electron chi connectivity index (χ0n) is 15.5. The van der Waals surface area contributed by atoms with Crippen LogP contribution in [-0.4, -0.2) is 37.4 Å². The summed E-state index contributed by atoms with van der Waals surface area (Å²) in [4.78, 5) is 15.8. The Labute approximate surface area is 181 Å². The van der Waals surface area contributed by atoms with Crippen molar-refractivity contribution in [2.75, 3.05) is 12.3 Å². The lowest BCUT2D eigenvalue weighted by atomic mass is 10.1. The number of anilines is 1. The van der Waals surface area contributed by atoms with Gasteiger partial charge in [-0.15, -0.1) is 10.2 Å². The van der Waals surface area contributed by atoms with Crippen LogP contribution in [0.4, 0.5) is 5.82 Å². The van der Waals surface area contributed by atoms with Crippen LogP contribution >= 0.6 is 22.6 Å². The number of pyridine rings is 1. The summed E-state index contributed by atoms with van der Waals surface area (Å²) < 4.78 is 8.80. The molecule has 0 bridgehead atoms. The van der Waals surface area contributed by atoms with Gasteiger partial charge in [-0.2, -0.15) is 0 Å². The molecule has 3 aromatic rings. The molecule has 4 rings (SSSR count). The summed E-state index contributed by atoms with van der Waals surface area (Å²) in [5.41, 5.74) is 6.70. The highest BCUT2D eigenvalue weighted by Crippen LogP contribution is 2.37. The van der Waals surface area contributed by atoms with Crippen molar-refractivity contribution in [1.82, 2.24) is 19.7 Å². The Kier molecular flexibility index (Phi) is 5.65. The number of hydrogen-bond acceptors (Lipinski definition) is 6. The molecule has 9 heteroatoms. The molecule has 1 fully saturated rings. The van der Waals surface area contributed by atoms with Crippen molar-refractivity contribution < 1.29 is 14.6 Å². The third-order valence-corrected chi connectivity index (χ3v) is 5.80. The molecule has 3 N–H and O–H groups in total. The number of carboxylic acids is 1. The highest BCUT2D eigenvalue weighted by molar-refractivity contribution is 14.1. The Bertz CT molecular complexity index is 1040. The number of benzene rings is 1. The average molecular weight is 505 g/mol. The number of halogens is 1. The van der Waals surface area contributed by atoms with E-state index in [9.17, 15) is 9.90 Å². The van der Waals surface area contributed by atoms with Gasteiger partial charge in [0.05, 0.1) is 6.61 Å². The van der Waals surface area contributed by atoms with Crippen LogP contribution in [-0.2, 0) is 0 Å². The summed E-state index contributed by atoms with van der Waals surface area (Å²) in [6, 6.07) is 10.9. The zero-order chi connectivity index (χ0) is 20.4. The lowest BCUT2D eigenvalue weighted by molar-refractivity contribution is 0.0691. The average Bonchev–Trinajstić information content (AvgIpc) is 3.36. The number of ether oxygens (including phenoxy) is 1. The van der Waals surface area contributed by atoms with Gasteiger partial charge < -0.3 is 20.1 Å². The summed E-state index contributed by atoms with van der Waals surface area (Å²) in [5.74, 6) is 0.906. The minimum atomic E-state index is -0.980. The predicted molar refractivity (Wildman–Crippen MR) is 116 cm³/mol. The smallest absolute Gasteiger partial charge is 0.339 e. The van der Waals surface area contributed by atoms with E-state index in [4.69, 9.17) is 10.5 Å². The van der Waals surface area contributed by atoms with E-state index in [0.717, 1.165) is 22.8 Å². The molecule has 8 nitrogen and oxygen atoms in total. The molecule has 1 aliphatic rings. The molecule has 2 atom stereocenters. The van der Waals surface area contributed by atoms with Gasteiger partial charge in [0.15, 0.2) is 5.82 Å². The van der Waals surface area contributed by atoms with E-state index in [1.54, 1.807) is 24.5 Å². The van der Waals surface area contributed by atoms with Crippen LogP contribution in [0, 0.1) is 9.49 Å². The van der Waals surface area contributed by atoms with Gasteiger partial charge in [0, 0.05) is 9.61 Å². The molecular formula is C20H20IN5O3. The largest absolute Gasteiger partial charge is 0.492 e. The lowest BCUT2D eigenvalue weighted by Gasteiger charge is -2.16. The second kappa shape index (κ2) is 8.36. The molecule has 0 spiro atoms. The predicted octanol–water partition coefficient (Wildman–Crippen LogP) is 3.65. The van der Waals surface area contributed by atoms with Crippen molar-refractivity contribution in [2.24, 2.45) is 5.92 Å². The van der Waals surface area contributed by atoms with Crippen molar-refractivity contribution in [2.45, 2.75) is 25.3 Å². The second-order valence-electron chi connectivity index (χ2n) is 7.10. The molecule has 1 aliphatic carbocycles. The monoisotopic (exact) mass is 505 g/mol. The van der Waals surface area contributed by atoms with Gasteiger partial charge in [0.2, 0.25) is 0 Å². The molecule has 0 amide bonds. The van der Waals surface area contributed by atoms with Gasteiger partial charge >= 0.3 is 5.97 Å². The number of nitrogens with two attached hydrogens (primary N) is 1. The number of aromatic nitrogens is 4. The molecule has 0 aliphatic heterocycles. The zero-order valence-corrected chi connectivity index (χ0v) is 17.7. The van der Waals surface area contributed by atoms with Crippen molar-refractivity contribution in [3.8, 4) is 17.3 Å². The lowest BCUT2D eigenvalue weighted by Crippen LogP contribution is -2.13. The Morgan fingerprint density at radius 3 is 2.97 bits per heavy atom. The Balaban J connectivity index is 1.44. The van der Waals surface area contributed by atoms with Crippen LogP contribution < -0.4 is 10.5 Å². The minimum absolute atomic E-state index is 0.195. The van der Waals surface area contributed by atoms with Crippen molar-refractivity contribution in [3.63, 3.8) is 0 Å². The van der Waals surface area contributed by atoms with Crippen LogP contribution in [0.1, 0.15) is 35.7 Å². The van der Waals surface area contributed by atoms with Crippen molar-refractivity contribution >= 4 is 34.4 Å². The molecule has 1 saturated carbocycles. The molecule has 0 radical (unpaired) electrons. The number of nitrogens with zero attached hydrogens (tertiary/aromatic N) is 4. The number of rotatable bonds is 6. The third-order valence-electron chi connectivity index (χ3n) is 5.13. The van der Waals surface area contributed by atoms with E-state index < -0.39 is 5.97 Å². The van der Waals surface area contributed by atoms with E-state index in [-0.39, 0.29) is 11.6 Å². The molecule has 150 valence electrons. The Morgan fingerprint density at radius 1 is 1.31 bits per heavy atom. The minimum Gasteiger partial charge on any atom is -0.492 e. The molecule has 29 heavy (non-hydrogen) atoms. The summed E-state index contributed by atoms with van der Waals surface area (Å²) >= 11 is 2.09. The highest BCUT2D eigenvalue weighted by Gasteiger charge is 2.29. The number of hydrogen-bond donors (Lipinski definition) is 2. The Hall–Kier alpha value is -2.69. The first kappa shape index (κ1) is 19.6. The van der Waals surface area contributed by atoms with E-state index >= 15 is 0 Å². The quantitative estimate of drug-likeness (QED) is 0.492. The van der Waals surface area contributed by atoms with Gasteiger partial charge in [-0.3, -0.25) is 0 Å². The summed E-state index contributed by atoms with van der Waals surface area (Å²) in [5, 5.41) is 17.7. The van der Waals surface area contributed by atoms with Crippen LogP contribution in [0.3, 0.4) is 0 Å². The topological polar surface area (TPSA) is 116 Å². The number of carbonyl (C=O) groups is 1. The van der Waals surface area contributed by atoms with Crippen molar-refractivity contribution in [3.05, 3.63) is 51.9 Å². The second-order valence-corrected chi connectivity index (χ2v) is 8.34. The van der Waals surface area contributed by atoms with E-state index in [2.05, 4.69) is 42.3 Å². The summed E-state index contributed by atoms with van der Waals surface area (Å²) in [7, 11) is 0. The van der Waals surface area contributed by atoms with Gasteiger partial charge in [-0.1, -0.05) is 6.07 Å². The fourth-order valence-corrected chi connectivity index (χ4v) is 4.22. The first-order chi connectivity index (χ1) is 14.0. The van der Waals surface area contributed by atoms with Crippen LogP contribution in [0.25, 0.3) is 11.5 Å². The highest BCUT2D eigenvalue weighted by atomic mass is 127. The molecule has 2 aromatic heterocycles. The fourth-order valence-electron chi connectivity index (χ4n) is 3.72. The van der Waals surface area contributed by atoms with E-state index in [1.165, 1.54) is 0 Å². The molecule has 0 saturated heterocycles. The van der Waals surface area contributed by atoms with Gasteiger partial charge in [-0.25, -0.2) is 9.78 Å². The van der Waals surface area contributed by atoms with Crippen LogP contribution in [0.2, 0.25) is 0 Å². The standard InChI is InChI=1S/C20H20IN5O3/c21-13-5-7-17(15(9-13)20(27)28)29-10-12-4-6-14(8-12)26-11-23-25-19(26)16-2-1-3-18(22)24-16/h1-3,5,7,9,11-12,14H,4,6,8,10H2,(H2,22,24)(H,27,28)/t12?,14-/m0/s1. The molecule has 1 unspecified atom stereocenters. The third kappa shape index (κ3) is 4.34. The summed E-state index contributed by atoms with van der Waals surface area (Å²) in [6.45, 7) is 0.478. The SMILES string of the molecule is Nc1cccc(-c2nncn2[C@H]2CCC(COc3ccc(I)cc3C(=O)O)C2)n1. The first-order valence-electron chi connectivity index (χ1n) is 9.29. The number of nitrogen functional groups attached to an aromatic ring is 1. The van der Waals surface area contributed by atoms with Gasteiger partial charge in [0.25, 0.3) is 0 Å². The first-order valence-corrected chi connectivity index (χ1v) is 10.4. The van der Waals surface area contributed by atoms with Crippen molar-refractivity contribution in [1.29, 1.82) is 0 Å². The molecular weight excluding hydrogens is 485 g/mol. The van der Waals surface area contributed by atoms with Crippen LogP contribution in [0.5, 0.6) is 5.75 Å². The normalized spacial score (nSPS) is 18.7.